The van der Waals surface area contributed by atoms with Gasteiger partial charge >= 0.3 is 0 Å². The van der Waals surface area contributed by atoms with Crippen molar-refractivity contribution < 1.29 is 4.79 Å². The number of rotatable bonds is 4. The molecule has 10 bridgehead atoms. The lowest BCUT2D eigenvalue weighted by Crippen LogP contribution is -2.23. The van der Waals surface area contributed by atoms with Gasteiger partial charge in [-0.25, -0.2) is 9.97 Å². The summed E-state index contributed by atoms with van der Waals surface area (Å²) in [7, 11) is 0. The summed E-state index contributed by atoms with van der Waals surface area (Å²) in [5.74, 6) is 2.22. The first-order valence-electron chi connectivity index (χ1n) is 19.6. The van der Waals surface area contributed by atoms with Gasteiger partial charge in [-0.2, -0.15) is 0 Å². The van der Waals surface area contributed by atoms with Crippen LogP contribution < -0.4 is 0 Å². The van der Waals surface area contributed by atoms with E-state index in [0.717, 1.165) is 89.4 Å². The van der Waals surface area contributed by atoms with Crippen molar-refractivity contribution in [3.05, 3.63) is 149 Å². The summed E-state index contributed by atoms with van der Waals surface area (Å²) >= 11 is 0. The maximum Gasteiger partial charge on any atom is 0.167 e. The highest BCUT2D eigenvalue weighted by Gasteiger charge is 2.53. The van der Waals surface area contributed by atoms with Crippen molar-refractivity contribution in [2.24, 2.45) is 23.7 Å². The Morgan fingerprint density at radius 1 is 0.545 bits per heavy atom. The fourth-order valence-corrected chi connectivity index (χ4v) is 9.96. The third-order valence-corrected chi connectivity index (χ3v) is 12.6. The zero-order valence-corrected chi connectivity index (χ0v) is 30.9. The predicted molar refractivity (Wildman–Crippen MR) is 225 cm³/mol. The van der Waals surface area contributed by atoms with E-state index in [1.807, 2.05) is 0 Å². The Labute approximate surface area is 320 Å². The van der Waals surface area contributed by atoms with Crippen LogP contribution in [-0.2, 0) is 4.79 Å². The van der Waals surface area contributed by atoms with E-state index in [-0.39, 0.29) is 5.92 Å². The van der Waals surface area contributed by atoms with Crippen molar-refractivity contribution >= 4 is 57.7 Å². The van der Waals surface area contributed by atoms with Crippen LogP contribution in [0, 0.1) is 37.5 Å². The molecule has 0 saturated heterocycles. The van der Waals surface area contributed by atoms with Gasteiger partial charge in [0.05, 0.1) is 22.8 Å². The van der Waals surface area contributed by atoms with Crippen LogP contribution >= 0.6 is 0 Å². The number of Topliss-reactive ketones (excluding diaryl/α,β-unsaturated/α-hetero) is 1. The van der Waals surface area contributed by atoms with Gasteiger partial charge in [-0.1, -0.05) is 90.0 Å². The molecule has 2 fully saturated rings. The Balaban J connectivity index is 1.16. The predicted octanol–water partition coefficient (Wildman–Crippen LogP) is 11.9. The van der Waals surface area contributed by atoms with Crippen LogP contribution in [0.3, 0.4) is 0 Å². The summed E-state index contributed by atoms with van der Waals surface area (Å²) < 4.78 is 0. The van der Waals surface area contributed by atoms with E-state index in [1.54, 1.807) is 0 Å². The molecule has 2 N–H and O–H groups in total. The average Bonchev–Trinajstić information content (AvgIpc) is 4.06. The number of aromatic nitrogens is 4. The lowest BCUT2D eigenvalue weighted by molar-refractivity contribution is -0.118. The summed E-state index contributed by atoms with van der Waals surface area (Å²) in [6, 6.07) is 36.6. The monoisotopic (exact) mass is 712 g/mol. The Hall–Kier alpha value is -6.33. The average molecular weight is 713 g/mol. The Morgan fingerprint density at radius 2 is 1.05 bits per heavy atom. The third-order valence-electron chi connectivity index (χ3n) is 12.6. The molecule has 55 heavy (non-hydrogen) atoms. The quantitative estimate of drug-likeness (QED) is 0.191. The minimum absolute atomic E-state index is 0.194. The standard InChI is InChI=1S/C50H40N4O/c1-28-3-7-31(8-4-28)47-40-19-17-36(51-40)26-37-18-20-41(52-37)48(32-9-5-29(2)6-10-32)43-22-24-45(54-43)49(44-23-21-42(47)53-44)33-13-11-30(12-14-33)39-27-38-34-15-16-35(25-34)46(38)50(39)55/h3-14,17-24,26-27,34-35,38,46,51,54H,15-16,25H2,1-2H3/t34-,35+,38?,46?/m0/s1. The van der Waals surface area contributed by atoms with Crippen LogP contribution in [-0.4, -0.2) is 25.7 Å². The lowest BCUT2D eigenvalue weighted by Gasteiger charge is -2.22. The van der Waals surface area contributed by atoms with Crippen LogP contribution in [0.15, 0.2) is 109 Å². The van der Waals surface area contributed by atoms with Crippen molar-refractivity contribution in [2.75, 3.05) is 0 Å². The number of nitrogens with one attached hydrogen (secondary N) is 2. The number of benzene rings is 3. The molecule has 4 atom stereocenters. The third kappa shape index (κ3) is 5.32. The molecule has 6 aromatic rings. The Kier molecular flexibility index (Phi) is 7.22. The molecule has 2 aliphatic heterocycles. The van der Waals surface area contributed by atoms with Gasteiger partial charge in [0.2, 0.25) is 0 Å². The SMILES string of the molecule is Cc1ccc(-c2c3nc(c(-c4ccc(C5=CC6C(C5=O)[C@@H]5CC[C@H]6C5)cc4)c4ccc([nH]4)c(-c4ccc(C)cc4)c4nc(cc5ccc2[nH]5)C=C4)C=C3)cc1. The first-order chi connectivity index (χ1) is 26.9. The molecule has 2 saturated carbocycles. The van der Waals surface area contributed by atoms with E-state index in [9.17, 15) is 4.79 Å². The Morgan fingerprint density at radius 3 is 1.67 bits per heavy atom. The maximum absolute atomic E-state index is 13.8. The highest BCUT2D eigenvalue weighted by molar-refractivity contribution is 6.24. The number of carbonyl (C=O) groups excluding carboxylic acids is 1. The molecule has 11 rings (SSSR count). The van der Waals surface area contributed by atoms with Crippen molar-refractivity contribution in [1.29, 1.82) is 0 Å². The van der Waals surface area contributed by atoms with E-state index >= 15 is 0 Å². The first kappa shape index (κ1) is 32.1. The fraction of sp³-hybridized carbons (Fsp3) is 0.180. The molecule has 266 valence electrons. The van der Waals surface area contributed by atoms with E-state index in [1.165, 1.54) is 30.4 Å². The van der Waals surface area contributed by atoms with Crippen molar-refractivity contribution in [2.45, 2.75) is 33.1 Å². The first-order valence-corrected chi connectivity index (χ1v) is 19.6. The van der Waals surface area contributed by atoms with Gasteiger partial charge in [0.1, 0.15) is 0 Å². The Bertz CT molecular complexity index is 2790. The number of aryl methyl sites for hydroxylation is 2. The van der Waals surface area contributed by atoms with E-state index in [4.69, 9.17) is 9.97 Å². The van der Waals surface area contributed by atoms with Crippen LogP contribution in [0.4, 0.5) is 0 Å². The molecule has 3 aliphatic carbocycles. The molecule has 3 aromatic carbocycles. The second-order valence-corrected chi connectivity index (χ2v) is 16.0. The molecule has 5 heteroatoms. The van der Waals surface area contributed by atoms with Gasteiger partial charge in [0.25, 0.3) is 0 Å². The molecule has 5 heterocycles. The largest absolute Gasteiger partial charge is 0.355 e. The molecular formula is C50H40N4O. The van der Waals surface area contributed by atoms with E-state index < -0.39 is 0 Å². The normalized spacial score (nSPS) is 20.7. The summed E-state index contributed by atoms with van der Waals surface area (Å²) in [4.78, 5) is 31.8. The zero-order valence-electron chi connectivity index (χ0n) is 30.9. The number of carbonyl (C=O) groups is 1. The maximum atomic E-state index is 13.8. The minimum atomic E-state index is 0.194. The van der Waals surface area contributed by atoms with E-state index in [0.29, 0.717) is 23.5 Å². The highest BCUT2D eigenvalue weighted by Crippen LogP contribution is 2.57. The molecule has 3 aromatic heterocycles. The van der Waals surface area contributed by atoms with Crippen LogP contribution in [0.5, 0.6) is 0 Å². The minimum Gasteiger partial charge on any atom is -0.355 e. The molecule has 0 radical (unpaired) electrons. The van der Waals surface area contributed by atoms with Crippen LogP contribution in [0.2, 0.25) is 0 Å². The van der Waals surface area contributed by atoms with Crippen LogP contribution in [0.1, 0.15) is 58.7 Å². The lowest BCUT2D eigenvalue weighted by atomic mass is 9.81. The summed E-state index contributed by atoms with van der Waals surface area (Å²) in [6.07, 6.45) is 14.5. The van der Waals surface area contributed by atoms with Gasteiger partial charge < -0.3 is 9.97 Å². The van der Waals surface area contributed by atoms with Crippen molar-refractivity contribution in [1.82, 2.24) is 19.9 Å². The number of hydrogen-bond donors (Lipinski definition) is 2. The van der Waals surface area contributed by atoms with Gasteiger partial charge in [0, 0.05) is 50.2 Å². The second-order valence-electron chi connectivity index (χ2n) is 16.0. The molecule has 5 aliphatic rings. The van der Waals surface area contributed by atoms with Crippen LogP contribution in [0.25, 0.3) is 85.3 Å². The molecular weight excluding hydrogens is 673 g/mol. The topological polar surface area (TPSA) is 74.4 Å². The smallest absolute Gasteiger partial charge is 0.167 e. The van der Waals surface area contributed by atoms with Crippen molar-refractivity contribution in [3.63, 3.8) is 0 Å². The van der Waals surface area contributed by atoms with Gasteiger partial charge in [-0.05, 0) is 128 Å². The number of H-pyrrole nitrogens is 2. The molecule has 5 nitrogen and oxygen atoms in total. The fourth-order valence-electron chi connectivity index (χ4n) is 9.96. The number of nitrogens with zero attached hydrogens (tertiary/aromatic N) is 2. The second kappa shape index (κ2) is 12.4. The number of allylic oxidation sites excluding steroid dienone is 2. The van der Waals surface area contributed by atoms with Gasteiger partial charge in [0.15, 0.2) is 5.78 Å². The summed E-state index contributed by atoms with van der Waals surface area (Å²) in [6.45, 7) is 4.23. The van der Waals surface area contributed by atoms with E-state index in [2.05, 4.69) is 157 Å². The molecule has 0 spiro atoms. The molecule has 0 amide bonds. The number of fused-ring (bicyclic) bond motifs is 13. The number of ketones is 1. The summed E-state index contributed by atoms with van der Waals surface area (Å²) in [5.41, 5.74) is 18.1. The number of aromatic amines is 2. The zero-order chi connectivity index (χ0) is 36.8. The van der Waals surface area contributed by atoms with Crippen molar-refractivity contribution in [3.8, 4) is 33.4 Å². The molecule has 2 unspecified atom stereocenters. The van der Waals surface area contributed by atoms with Gasteiger partial charge in [-0.3, -0.25) is 4.79 Å². The highest BCUT2D eigenvalue weighted by atomic mass is 16.1. The number of hydrogen-bond acceptors (Lipinski definition) is 3. The van der Waals surface area contributed by atoms with Gasteiger partial charge in [-0.15, -0.1) is 0 Å². The summed E-state index contributed by atoms with van der Waals surface area (Å²) in [5, 5.41) is 0.